The summed E-state index contributed by atoms with van der Waals surface area (Å²) in [5.74, 6) is -0.450. The third-order valence-corrected chi connectivity index (χ3v) is 2.88. The third kappa shape index (κ3) is 1.06. The number of hydrogen-bond donors (Lipinski definition) is 0. The number of fused-ring (bicyclic) bond motifs is 1. The van der Waals surface area contributed by atoms with Crippen molar-refractivity contribution >= 4 is 5.78 Å². The van der Waals surface area contributed by atoms with Gasteiger partial charge >= 0.3 is 0 Å². The number of carbonyl (C=O) groups excluding carboxylic acids is 1. The molecule has 2 nitrogen and oxygen atoms in total. The molecule has 14 heavy (non-hydrogen) atoms. The van der Waals surface area contributed by atoms with E-state index in [4.69, 9.17) is 5.26 Å². The van der Waals surface area contributed by atoms with Gasteiger partial charge in [0.1, 0.15) is 5.92 Å². The van der Waals surface area contributed by atoms with Crippen LogP contribution in [-0.4, -0.2) is 5.78 Å². The summed E-state index contributed by atoms with van der Waals surface area (Å²) in [6, 6.07) is 6.03. The van der Waals surface area contributed by atoms with Crippen LogP contribution in [0.4, 0.5) is 0 Å². The number of aryl methyl sites for hydroxylation is 2. The molecule has 0 radical (unpaired) electrons. The van der Waals surface area contributed by atoms with Gasteiger partial charge in [-0.05, 0) is 37.0 Å². The molecule has 1 atom stereocenters. The van der Waals surface area contributed by atoms with Crippen LogP contribution >= 0.6 is 0 Å². The van der Waals surface area contributed by atoms with Gasteiger partial charge < -0.3 is 0 Å². The van der Waals surface area contributed by atoms with Crippen LogP contribution in [0.5, 0.6) is 0 Å². The lowest BCUT2D eigenvalue weighted by Crippen LogP contribution is -2.06. The van der Waals surface area contributed by atoms with Crippen LogP contribution in [0.3, 0.4) is 0 Å². The molecule has 1 aromatic rings. The maximum atomic E-state index is 11.8. The topological polar surface area (TPSA) is 40.9 Å². The van der Waals surface area contributed by atoms with Crippen molar-refractivity contribution in [3.05, 3.63) is 34.4 Å². The molecule has 0 amide bonds. The predicted molar refractivity (Wildman–Crippen MR) is 53.1 cm³/mol. The van der Waals surface area contributed by atoms with Gasteiger partial charge in [0, 0.05) is 5.56 Å². The molecule has 0 aromatic heterocycles. The number of Topliss-reactive ketones (excluding diaryl/α,β-unsaturated/α-hetero) is 1. The van der Waals surface area contributed by atoms with E-state index in [-0.39, 0.29) is 5.78 Å². The Kier molecular flexibility index (Phi) is 1.89. The molecule has 70 valence electrons. The van der Waals surface area contributed by atoms with Crippen LogP contribution in [0, 0.1) is 31.1 Å². The van der Waals surface area contributed by atoms with Crippen LogP contribution < -0.4 is 0 Å². The fraction of sp³-hybridized carbons (Fsp3) is 0.333. The number of nitrogens with zero attached hydrogens (tertiary/aromatic N) is 1. The van der Waals surface area contributed by atoms with Crippen LogP contribution in [0.2, 0.25) is 0 Å². The number of hydrogen-bond acceptors (Lipinski definition) is 2. The van der Waals surface area contributed by atoms with Crippen LogP contribution in [0.15, 0.2) is 12.1 Å². The Morgan fingerprint density at radius 1 is 1.36 bits per heavy atom. The summed E-state index contributed by atoms with van der Waals surface area (Å²) in [5.41, 5.74) is 3.98. The maximum Gasteiger partial charge on any atom is 0.180 e. The Bertz CT molecular complexity index is 454. The number of carbonyl (C=O) groups is 1. The summed E-state index contributed by atoms with van der Waals surface area (Å²) in [4.78, 5) is 11.8. The van der Waals surface area contributed by atoms with Crippen molar-refractivity contribution in [3.63, 3.8) is 0 Å². The van der Waals surface area contributed by atoms with E-state index in [2.05, 4.69) is 6.07 Å². The molecule has 0 aliphatic heterocycles. The Balaban J connectivity index is 2.65. The second-order valence-electron chi connectivity index (χ2n) is 3.80. The molecule has 0 fully saturated rings. The first-order valence-corrected chi connectivity index (χ1v) is 4.68. The summed E-state index contributed by atoms with van der Waals surface area (Å²) >= 11 is 0. The number of ketones is 1. The lowest BCUT2D eigenvalue weighted by Gasteiger charge is -2.04. The van der Waals surface area contributed by atoms with E-state index >= 15 is 0 Å². The van der Waals surface area contributed by atoms with Gasteiger partial charge in [-0.1, -0.05) is 12.1 Å². The molecule has 0 heterocycles. The zero-order valence-electron chi connectivity index (χ0n) is 8.29. The van der Waals surface area contributed by atoms with Crippen molar-refractivity contribution in [2.45, 2.75) is 20.3 Å². The van der Waals surface area contributed by atoms with E-state index in [1.807, 2.05) is 26.0 Å². The zero-order valence-corrected chi connectivity index (χ0v) is 8.29. The molecule has 1 aliphatic carbocycles. The molecule has 0 bridgehead atoms. The minimum Gasteiger partial charge on any atom is -0.293 e. The van der Waals surface area contributed by atoms with Gasteiger partial charge in [-0.25, -0.2) is 0 Å². The normalized spacial score (nSPS) is 19.2. The first kappa shape index (κ1) is 8.96. The van der Waals surface area contributed by atoms with Crippen molar-refractivity contribution in [2.75, 3.05) is 0 Å². The summed E-state index contributed by atoms with van der Waals surface area (Å²) in [6.07, 6.45) is 0.595. The van der Waals surface area contributed by atoms with Crippen molar-refractivity contribution in [1.82, 2.24) is 0 Å². The van der Waals surface area contributed by atoms with Crippen LogP contribution in [0.25, 0.3) is 0 Å². The van der Waals surface area contributed by atoms with Gasteiger partial charge in [-0.2, -0.15) is 5.26 Å². The highest BCUT2D eigenvalue weighted by Gasteiger charge is 2.32. The van der Waals surface area contributed by atoms with E-state index in [0.29, 0.717) is 6.42 Å². The molecule has 2 rings (SSSR count). The largest absolute Gasteiger partial charge is 0.293 e. The van der Waals surface area contributed by atoms with E-state index in [9.17, 15) is 4.79 Å². The minimum atomic E-state index is -0.454. The Morgan fingerprint density at radius 3 is 2.57 bits per heavy atom. The van der Waals surface area contributed by atoms with E-state index in [1.165, 1.54) is 0 Å². The standard InChI is InChI=1S/C12H11NO/c1-7-3-4-8(2)11-10(7)5-9(6-13)12(11)14/h3-4,9H,5H2,1-2H3. The summed E-state index contributed by atoms with van der Waals surface area (Å²) in [7, 11) is 0. The average molecular weight is 185 g/mol. The lowest BCUT2D eigenvalue weighted by molar-refractivity contribution is 0.0963. The number of nitriles is 1. The van der Waals surface area contributed by atoms with Gasteiger partial charge in [-0.15, -0.1) is 0 Å². The van der Waals surface area contributed by atoms with Crippen molar-refractivity contribution < 1.29 is 4.79 Å². The van der Waals surface area contributed by atoms with Gasteiger partial charge in [0.15, 0.2) is 5.78 Å². The maximum absolute atomic E-state index is 11.8. The Labute approximate surface area is 83.2 Å². The molecular weight excluding hydrogens is 174 g/mol. The molecule has 2 heteroatoms. The number of rotatable bonds is 0. The Hall–Kier alpha value is -1.62. The molecule has 0 N–H and O–H groups in total. The van der Waals surface area contributed by atoms with Gasteiger partial charge in [0.05, 0.1) is 6.07 Å². The summed E-state index contributed by atoms with van der Waals surface area (Å²) < 4.78 is 0. The smallest absolute Gasteiger partial charge is 0.180 e. The molecule has 1 aliphatic rings. The van der Waals surface area contributed by atoms with E-state index in [1.54, 1.807) is 0 Å². The average Bonchev–Trinajstić information content (AvgIpc) is 2.51. The molecule has 0 spiro atoms. The SMILES string of the molecule is Cc1ccc(C)c2c1CC(C#N)C2=O. The van der Waals surface area contributed by atoms with E-state index < -0.39 is 5.92 Å². The van der Waals surface area contributed by atoms with Crippen LogP contribution in [-0.2, 0) is 6.42 Å². The van der Waals surface area contributed by atoms with E-state index in [0.717, 1.165) is 22.3 Å². The first-order valence-electron chi connectivity index (χ1n) is 4.68. The zero-order chi connectivity index (χ0) is 10.3. The third-order valence-electron chi connectivity index (χ3n) is 2.88. The molecule has 0 saturated carbocycles. The second kappa shape index (κ2) is 2.95. The fourth-order valence-electron chi connectivity index (χ4n) is 2.05. The highest BCUT2D eigenvalue weighted by atomic mass is 16.1. The second-order valence-corrected chi connectivity index (χ2v) is 3.80. The highest BCUT2D eigenvalue weighted by Crippen LogP contribution is 2.31. The van der Waals surface area contributed by atoms with Crippen molar-refractivity contribution in [3.8, 4) is 6.07 Å². The van der Waals surface area contributed by atoms with Gasteiger partial charge in [-0.3, -0.25) is 4.79 Å². The summed E-state index contributed by atoms with van der Waals surface area (Å²) in [6.45, 7) is 3.92. The van der Waals surface area contributed by atoms with Gasteiger partial charge in [0.2, 0.25) is 0 Å². The lowest BCUT2D eigenvalue weighted by atomic mass is 10.00. The predicted octanol–water partition coefficient (Wildman–Crippen LogP) is 2.18. The molecule has 1 aromatic carbocycles. The highest BCUT2D eigenvalue weighted by molar-refractivity contribution is 6.05. The molecular formula is C12H11NO. The summed E-state index contributed by atoms with van der Waals surface area (Å²) in [5, 5.41) is 8.82. The van der Waals surface area contributed by atoms with Gasteiger partial charge in [0.25, 0.3) is 0 Å². The quantitative estimate of drug-likeness (QED) is 0.621. The fourth-order valence-corrected chi connectivity index (χ4v) is 2.05. The Morgan fingerprint density at radius 2 is 2.00 bits per heavy atom. The first-order chi connectivity index (χ1) is 6.65. The van der Waals surface area contributed by atoms with Crippen molar-refractivity contribution in [1.29, 1.82) is 5.26 Å². The minimum absolute atomic E-state index is 0.00343. The van der Waals surface area contributed by atoms with Crippen LogP contribution in [0.1, 0.15) is 27.0 Å². The van der Waals surface area contributed by atoms with Crippen molar-refractivity contribution in [2.24, 2.45) is 5.92 Å². The number of benzene rings is 1. The molecule has 1 unspecified atom stereocenters. The monoisotopic (exact) mass is 185 g/mol. The molecule has 0 saturated heterocycles.